The number of aromatic hydroxyl groups is 1. The van der Waals surface area contributed by atoms with Gasteiger partial charge in [0.1, 0.15) is 13.1 Å². The van der Waals surface area contributed by atoms with Crippen LogP contribution < -0.4 is 5.32 Å². The second-order valence-corrected chi connectivity index (χ2v) is 5.75. The zero-order valence-corrected chi connectivity index (χ0v) is 13.2. The van der Waals surface area contributed by atoms with Crippen LogP contribution in [-0.2, 0) is 9.59 Å². The van der Waals surface area contributed by atoms with Crippen molar-refractivity contribution in [2.45, 2.75) is 0 Å². The van der Waals surface area contributed by atoms with Crippen molar-refractivity contribution in [3.8, 4) is 5.75 Å². The number of carbonyl (C=O) groups excluding carboxylic acids is 3. The molecule has 0 radical (unpaired) electrons. The number of halogens is 2. The smallest absolute Gasteiger partial charge is 0.327 e. The van der Waals surface area contributed by atoms with Crippen LogP contribution in [0.15, 0.2) is 16.6 Å². The Morgan fingerprint density at radius 2 is 2.14 bits per heavy atom. The number of anilines is 1. The molecule has 2 rings (SSSR count). The van der Waals surface area contributed by atoms with Crippen molar-refractivity contribution in [1.82, 2.24) is 9.80 Å². The summed E-state index contributed by atoms with van der Waals surface area (Å²) in [6.45, 7) is -0.438. The van der Waals surface area contributed by atoms with Crippen LogP contribution in [0.3, 0.4) is 0 Å². The second kappa shape index (κ2) is 5.90. The van der Waals surface area contributed by atoms with E-state index in [0.29, 0.717) is 4.47 Å². The monoisotopic (exact) mass is 375 g/mol. The Hall–Kier alpha value is -1.80. The SMILES string of the molecule is CN1C(=O)CN(CC(=O)Nc2cc(Br)cc(Cl)c2O)C1=O. The molecule has 1 heterocycles. The van der Waals surface area contributed by atoms with Gasteiger partial charge in [0.15, 0.2) is 5.75 Å². The number of nitrogens with zero attached hydrogens (tertiary/aromatic N) is 2. The summed E-state index contributed by atoms with van der Waals surface area (Å²) in [7, 11) is 1.35. The van der Waals surface area contributed by atoms with E-state index >= 15 is 0 Å². The maximum absolute atomic E-state index is 11.9. The summed E-state index contributed by atoms with van der Waals surface area (Å²) >= 11 is 8.97. The van der Waals surface area contributed by atoms with Gasteiger partial charge in [0.2, 0.25) is 11.8 Å². The van der Waals surface area contributed by atoms with Crippen molar-refractivity contribution in [2.75, 3.05) is 25.5 Å². The summed E-state index contributed by atoms with van der Waals surface area (Å²) in [4.78, 5) is 36.9. The minimum absolute atomic E-state index is 0.0758. The van der Waals surface area contributed by atoms with Crippen LogP contribution in [0.4, 0.5) is 10.5 Å². The van der Waals surface area contributed by atoms with Crippen molar-refractivity contribution >= 4 is 51.1 Å². The Labute approximate surface area is 133 Å². The van der Waals surface area contributed by atoms with Gasteiger partial charge < -0.3 is 15.3 Å². The number of likely N-dealkylation sites (N-methyl/N-ethyl adjacent to an activating group) is 1. The summed E-state index contributed by atoms with van der Waals surface area (Å²) in [5.74, 6) is -1.19. The Bertz CT molecular complexity index is 637. The first-order valence-electron chi connectivity index (χ1n) is 5.83. The standard InChI is InChI=1S/C12H11BrClN3O4/c1-16-10(19)5-17(12(16)21)4-9(18)15-8-3-6(13)2-7(14)11(8)20/h2-3,20H,4-5H2,1H3,(H,15,18). The quantitative estimate of drug-likeness (QED) is 0.620. The topological polar surface area (TPSA) is 90.0 Å². The van der Waals surface area contributed by atoms with Gasteiger partial charge >= 0.3 is 6.03 Å². The van der Waals surface area contributed by atoms with Crippen molar-refractivity contribution in [3.05, 3.63) is 21.6 Å². The zero-order valence-electron chi connectivity index (χ0n) is 10.9. The lowest BCUT2D eigenvalue weighted by Crippen LogP contribution is -2.36. The van der Waals surface area contributed by atoms with Gasteiger partial charge in [-0.25, -0.2) is 4.79 Å². The largest absolute Gasteiger partial charge is 0.504 e. The van der Waals surface area contributed by atoms with E-state index in [1.165, 1.54) is 19.2 Å². The van der Waals surface area contributed by atoms with Gasteiger partial charge in [-0.2, -0.15) is 0 Å². The normalized spacial score (nSPS) is 14.8. The fourth-order valence-corrected chi connectivity index (χ4v) is 2.61. The number of phenolic OH excluding ortho intramolecular Hbond substituents is 1. The van der Waals surface area contributed by atoms with E-state index in [4.69, 9.17) is 11.6 Å². The Morgan fingerprint density at radius 1 is 1.48 bits per heavy atom. The highest BCUT2D eigenvalue weighted by Gasteiger charge is 2.34. The number of phenols is 1. The fourth-order valence-electron chi connectivity index (χ4n) is 1.80. The highest BCUT2D eigenvalue weighted by atomic mass is 79.9. The predicted octanol–water partition coefficient (Wildman–Crippen LogP) is 1.64. The molecule has 112 valence electrons. The van der Waals surface area contributed by atoms with Gasteiger partial charge in [0.25, 0.3) is 0 Å². The summed E-state index contributed by atoms with van der Waals surface area (Å²) in [5.41, 5.74) is 0.116. The maximum atomic E-state index is 11.9. The first kappa shape index (κ1) is 15.6. The summed E-state index contributed by atoms with van der Waals surface area (Å²) in [6, 6.07) is 2.42. The molecular weight excluding hydrogens is 366 g/mol. The third-order valence-corrected chi connectivity index (χ3v) is 3.64. The van der Waals surface area contributed by atoms with Crippen LogP contribution in [0.25, 0.3) is 0 Å². The number of rotatable bonds is 3. The number of imide groups is 1. The lowest BCUT2D eigenvalue weighted by molar-refractivity contribution is -0.124. The molecule has 0 bridgehead atoms. The van der Waals surface area contributed by atoms with Gasteiger partial charge in [0, 0.05) is 11.5 Å². The molecule has 9 heteroatoms. The lowest BCUT2D eigenvalue weighted by Gasteiger charge is -2.15. The minimum atomic E-state index is -0.545. The van der Waals surface area contributed by atoms with Gasteiger partial charge in [-0.1, -0.05) is 27.5 Å². The van der Waals surface area contributed by atoms with Crippen molar-refractivity contribution in [2.24, 2.45) is 0 Å². The van der Waals surface area contributed by atoms with Crippen LogP contribution in [0.2, 0.25) is 5.02 Å². The second-order valence-electron chi connectivity index (χ2n) is 4.42. The van der Waals surface area contributed by atoms with E-state index in [2.05, 4.69) is 21.2 Å². The molecule has 2 N–H and O–H groups in total. The molecule has 0 spiro atoms. The molecule has 1 saturated heterocycles. The highest BCUT2D eigenvalue weighted by molar-refractivity contribution is 9.10. The Kier molecular flexibility index (Phi) is 4.38. The number of nitrogens with one attached hydrogen (secondary N) is 1. The molecule has 1 aliphatic heterocycles. The Morgan fingerprint density at radius 3 is 2.71 bits per heavy atom. The van der Waals surface area contributed by atoms with Gasteiger partial charge in [-0.3, -0.25) is 14.5 Å². The average molecular weight is 377 g/mol. The summed E-state index contributed by atoms with van der Waals surface area (Å²) in [6.07, 6.45) is 0. The molecular formula is C12H11BrClN3O4. The maximum Gasteiger partial charge on any atom is 0.327 e. The molecule has 0 unspecified atom stereocenters. The third kappa shape index (κ3) is 3.27. The van der Waals surface area contributed by atoms with E-state index in [1.807, 2.05) is 0 Å². The van der Waals surface area contributed by atoms with E-state index in [-0.39, 0.29) is 35.5 Å². The van der Waals surface area contributed by atoms with Crippen molar-refractivity contribution in [1.29, 1.82) is 0 Å². The zero-order chi connectivity index (χ0) is 15.7. The summed E-state index contributed by atoms with van der Waals surface area (Å²) in [5, 5.41) is 12.3. The molecule has 1 aromatic carbocycles. The van der Waals surface area contributed by atoms with E-state index < -0.39 is 11.9 Å². The highest BCUT2D eigenvalue weighted by Crippen LogP contribution is 2.35. The molecule has 21 heavy (non-hydrogen) atoms. The number of hydrogen-bond acceptors (Lipinski definition) is 4. The molecule has 0 saturated carbocycles. The average Bonchev–Trinajstić information content (AvgIpc) is 2.63. The first-order chi connectivity index (χ1) is 9.79. The minimum Gasteiger partial charge on any atom is -0.504 e. The molecule has 7 nitrogen and oxygen atoms in total. The Balaban J connectivity index is 2.06. The third-order valence-electron chi connectivity index (χ3n) is 2.89. The van der Waals surface area contributed by atoms with Crippen LogP contribution in [0, 0.1) is 0 Å². The molecule has 1 aromatic rings. The molecule has 1 fully saturated rings. The summed E-state index contributed by atoms with van der Waals surface area (Å²) < 4.78 is 0.577. The van der Waals surface area contributed by atoms with Gasteiger partial charge in [-0.05, 0) is 12.1 Å². The van der Waals surface area contributed by atoms with Crippen molar-refractivity contribution < 1.29 is 19.5 Å². The van der Waals surface area contributed by atoms with E-state index in [1.54, 1.807) is 0 Å². The number of benzene rings is 1. The fraction of sp³-hybridized carbons (Fsp3) is 0.250. The number of amides is 4. The van der Waals surface area contributed by atoms with Gasteiger partial charge in [0.05, 0.1) is 10.7 Å². The number of urea groups is 1. The van der Waals surface area contributed by atoms with Crippen LogP contribution in [0.5, 0.6) is 5.75 Å². The van der Waals surface area contributed by atoms with E-state index in [0.717, 1.165) is 9.80 Å². The molecule has 0 aromatic heterocycles. The molecule has 0 aliphatic carbocycles. The molecule has 4 amide bonds. The van der Waals surface area contributed by atoms with Gasteiger partial charge in [-0.15, -0.1) is 0 Å². The van der Waals surface area contributed by atoms with Crippen LogP contribution >= 0.6 is 27.5 Å². The number of carbonyl (C=O) groups is 3. The molecule has 1 aliphatic rings. The van der Waals surface area contributed by atoms with E-state index in [9.17, 15) is 19.5 Å². The van der Waals surface area contributed by atoms with Crippen LogP contribution in [-0.4, -0.2) is 52.9 Å². The van der Waals surface area contributed by atoms with Crippen LogP contribution in [0.1, 0.15) is 0 Å². The van der Waals surface area contributed by atoms with Crippen molar-refractivity contribution in [3.63, 3.8) is 0 Å². The lowest BCUT2D eigenvalue weighted by atomic mass is 10.3. The predicted molar refractivity (Wildman–Crippen MR) is 79.2 cm³/mol. The first-order valence-corrected chi connectivity index (χ1v) is 7.00. The number of hydrogen-bond donors (Lipinski definition) is 2. The molecule has 0 atom stereocenters.